The van der Waals surface area contributed by atoms with Crippen molar-refractivity contribution in [2.75, 3.05) is 19.6 Å². The average molecular weight is 367 g/mol. The molecule has 2 aromatic rings. The molecule has 1 heterocycles. The monoisotopic (exact) mass is 366 g/mol. The first-order valence-corrected chi connectivity index (χ1v) is 9.91. The maximum Gasteiger partial charge on any atom is 0.251 e. The quantitative estimate of drug-likeness (QED) is 0.786. The zero-order valence-electron chi connectivity index (χ0n) is 16.3. The minimum Gasteiger partial charge on any atom is -0.392 e. The van der Waals surface area contributed by atoms with Gasteiger partial charge in [0.1, 0.15) is 0 Å². The van der Waals surface area contributed by atoms with E-state index in [-0.39, 0.29) is 12.5 Å². The lowest BCUT2D eigenvalue weighted by Gasteiger charge is -2.31. The predicted molar refractivity (Wildman–Crippen MR) is 110 cm³/mol. The van der Waals surface area contributed by atoms with E-state index >= 15 is 0 Å². The Morgan fingerprint density at radius 1 is 1.07 bits per heavy atom. The van der Waals surface area contributed by atoms with Gasteiger partial charge in [-0.25, -0.2) is 0 Å². The molecule has 0 aliphatic carbocycles. The second-order valence-electron chi connectivity index (χ2n) is 7.70. The van der Waals surface area contributed by atoms with Gasteiger partial charge in [-0.3, -0.25) is 9.69 Å². The highest BCUT2D eigenvalue weighted by Gasteiger charge is 2.25. The van der Waals surface area contributed by atoms with Crippen LogP contribution >= 0.6 is 0 Å². The van der Waals surface area contributed by atoms with Crippen LogP contribution in [0.25, 0.3) is 11.1 Å². The molecule has 1 amide bonds. The number of aliphatic hydroxyl groups excluding tert-OH is 1. The molecule has 2 aromatic carbocycles. The molecule has 0 saturated carbocycles. The highest BCUT2D eigenvalue weighted by molar-refractivity contribution is 5.95. The first kappa shape index (κ1) is 19.6. The number of hydrogen-bond donors (Lipinski definition) is 2. The fourth-order valence-corrected chi connectivity index (χ4v) is 3.85. The fourth-order valence-electron chi connectivity index (χ4n) is 3.85. The van der Waals surface area contributed by atoms with Crippen molar-refractivity contribution >= 4 is 5.91 Å². The van der Waals surface area contributed by atoms with Crippen molar-refractivity contribution in [1.29, 1.82) is 0 Å². The summed E-state index contributed by atoms with van der Waals surface area (Å²) in [5, 5.41) is 12.5. The Hall–Kier alpha value is -2.17. The van der Waals surface area contributed by atoms with Crippen LogP contribution in [0.5, 0.6) is 0 Å². The lowest BCUT2D eigenvalue weighted by atomic mass is 10.0. The summed E-state index contributed by atoms with van der Waals surface area (Å²) in [6.45, 7) is 7.42. The summed E-state index contributed by atoms with van der Waals surface area (Å²) in [5.41, 5.74) is 3.53. The van der Waals surface area contributed by atoms with Gasteiger partial charge in [0.25, 0.3) is 5.91 Å². The molecule has 1 fully saturated rings. The Morgan fingerprint density at radius 3 is 2.41 bits per heavy atom. The molecule has 144 valence electrons. The molecule has 4 nitrogen and oxygen atoms in total. The van der Waals surface area contributed by atoms with Crippen LogP contribution in [0.1, 0.15) is 42.6 Å². The van der Waals surface area contributed by atoms with Crippen molar-refractivity contribution in [3.63, 3.8) is 0 Å². The topological polar surface area (TPSA) is 52.6 Å². The number of rotatable bonds is 7. The molecule has 1 atom stereocenters. The smallest absolute Gasteiger partial charge is 0.251 e. The first-order chi connectivity index (χ1) is 13.1. The van der Waals surface area contributed by atoms with Crippen molar-refractivity contribution in [3.8, 4) is 11.1 Å². The van der Waals surface area contributed by atoms with Gasteiger partial charge in [0.2, 0.25) is 0 Å². The van der Waals surface area contributed by atoms with Crippen LogP contribution in [-0.4, -0.2) is 41.6 Å². The molecule has 0 bridgehead atoms. The number of likely N-dealkylation sites (tertiary alicyclic amines) is 1. The van der Waals surface area contributed by atoms with E-state index in [1.165, 1.54) is 12.8 Å². The Balaban J connectivity index is 1.69. The molecular weight excluding hydrogens is 336 g/mol. The van der Waals surface area contributed by atoms with Gasteiger partial charge in [-0.05, 0) is 66.7 Å². The van der Waals surface area contributed by atoms with Gasteiger partial charge < -0.3 is 10.4 Å². The van der Waals surface area contributed by atoms with Crippen LogP contribution in [0.3, 0.4) is 0 Å². The van der Waals surface area contributed by atoms with E-state index in [2.05, 4.69) is 24.1 Å². The zero-order valence-corrected chi connectivity index (χ0v) is 16.3. The number of aliphatic hydroxyl groups is 1. The molecule has 1 saturated heterocycles. The number of hydrogen-bond acceptors (Lipinski definition) is 3. The van der Waals surface area contributed by atoms with Crippen LogP contribution in [0.2, 0.25) is 0 Å². The highest BCUT2D eigenvalue weighted by atomic mass is 16.3. The van der Waals surface area contributed by atoms with Gasteiger partial charge in [0.05, 0.1) is 6.61 Å². The van der Waals surface area contributed by atoms with E-state index in [9.17, 15) is 9.90 Å². The Labute approximate surface area is 162 Å². The van der Waals surface area contributed by atoms with Crippen molar-refractivity contribution < 1.29 is 9.90 Å². The van der Waals surface area contributed by atoms with Gasteiger partial charge in [0, 0.05) is 18.2 Å². The third-order valence-electron chi connectivity index (χ3n) is 5.42. The summed E-state index contributed by atoms with van der Waals surface area (Å²) in [7, 11) is 0. The minimum absolute atomic E-state index is 0.0150. The zero-order chi connectivity index (χ0) is 19.2. The predicted octanol–water partition coefficient (Wildman–Crippen LogP) is 3.70. The maximum atomic E-state index is 12.7. The van der Waals surface area contributed by atoms with E-state index in [0.29, 0.717) is 24.1 Å². The SMILES string of the molecule is CC(C)[C@H](CNC(=O)c1cccc(-c2cccc(CO)c2)c1)N1CCCC1. The third-order valence-corrected chi connectivity index (χ3v) is 5.42. The molecule has 0 radical (unpaired) electrons. The molecule has 27 heavy (non-hydrogen) atoms. The van der Waals surface area contributed by atoms with Gasteiger partial charge in [0.15, 0.2) is 0 Å². The van der Waals surface area contributed by atoms with Crippen LogP contribution in [0.15, 0.2) is 48.5 Å². The van der Waals surface area contributed by atoms with Crippen molar-refractivity contribution in [3.05, 3.63) is 59.7 Å². The van der Waals surface area contributed by atoms with Crippen LogP contribution in [0.4, 0.5) is 0 Å². The van der Waals surface area contributed by atoms with E-state index < -0.39 is 0 Å². The van der Waals surface area contributed by atoms with Crippen molar-refractivity contribution in [2.45, 2.75) is 39.3 Å². The van der Waals surface area contributed by atoms with E-state index in [0.717, 1.165) is 29.8 Å². The highest BCUT2D eigenvalue weighted by Crippen LogP contribution is 2.22. The van der Waals surface area contributed by atoms with Crippen molar-refractivity contribution in [2.24, 2.45) is 5.92 Å². The summed E-state index contributed by atoms with van der Waals surface area (Å²) < 4.78 is 0. The Bertz CT molecular complexity index is 766. The summed E-state index contributed by atoms with van der Waals surface area (Å²) in [6.07, 6.45) is 2.51. The summed E-state index contributed by atoms with van der Waals surface area (Å²) in [4.78, 5) is 15.2. The Morgan fingerprint density at radius 2 is 1.74 bits per heavy atom. The number of carbonyl (C=O) groups excluding carboxylic acids is 1. The molecule has 4 heteroatoms. The lowest BCUT2D eigenvalue weighted by Crippen LogP contribution is -2.45. The number of nitrogens with zero attached hydrogens (tertiary/aromatic N) is 1. The fraction of sp³-hybridized carbons (Fsp3) is 0.435. The van der Waals surface area contributed by atoms with Crippen LogP contribution in [-0.2, 0) is 6.61 Å². The van der Waals surface area contributed by atoms with Gasteiger partial charge in [-0.1, -0.05) is 44.2 Å². The molecule has 3 rings (SSSR count). The van der Waals surface area contributed by atoms with Crippen LogP contribution in [0, 0.1) is 5.92 Å². The molecular formula is C23H30N2O2. The van der Waals surface area contributed by atoms with E-state index in [1.807, 2.05) is 48.5 Å². The lowest BCUT2D eigenvalue weighted by molar-refractivity contribution is 0.0927. The van der Waals surface area contributed by atoms with Gasteiger partial charge in [-0.2, -0.15) is 0 Å². The summed E-state index contributed by atoms with van der Waals surface area (Å²) >= 11 is 0. The average Bonchev–Trinajstić information content (AvgIpc) is 3.22. The number of nitrogens with one attached hydrogen (secondary N) is 1. The van der Waals surface area contributed by atoms with Gasteiger partial charge in [-0.15, -0.1) is 0 Å². The molecule has 2 N–H and O–H groups in total. The molecule has 1 aliphatic rings. The van der Waals surface area contributed by atoms with E-state index in [1.54, 1.807) is 0 Å². The normalized spacial score (nSPS) is 15.9. The maximum absolute atomic E-state index is 12.7. The van der Waals surface area contributed by atoms with Gasteiger partial charge >= 0.3 is 0 Å². The number of amides is 1. The minimum atomic E-state index is -0.0278. The van der Waals surface area contributed by atoms with E-state index in [4.69, 9.17) is 0 Å². The molecule has 1 aliphatic heterocycles. The largest absolute Gasteiger partial charge is 0.392 e. The first-order valence-electron chi connectivity index (χ1n) is 9.91. The summed E-state index contributed by atoms with van der Waals surface area (Å²) in [5.74, 6) is 0.482. The molecule has 0 aromatic heterocycles. The third kappa shape index (κ3) is 4.96. The second kappa shape index (κ2) is 9.16. The molecule has 0 spiro atoms. The standard InChI is InChI=1S/C23H30N2O2/c1-17(2)22(25-11-3-4-12-25)15-24-23(27)21-10-6-9-20(14-21)19-8-5-7-18(13-19)16-26/h5-10,13-14,17,22,26H,3-4,11-12,15-16H2,1-2H3,(H,24,27)/t22-/m0/s1. The summed E-state index contributed by atoms with van der Waals surface area (Å²) in [6, 6.07) is 15.9. The van der Waals surface area contributed by atoms with Crippen LogP contribution < -0.4 is 5.32 Å². The number of benzene rings is 2. The van der Waals surface area contributed by atoms with Crippen molar-refractivity contribution in [1.82, 2.24) is 10.2 Å². The Kier molecular flexibility index (Phi) is 6.64. The second-order valence-corrected chi connectivity index (χ2v) is 7.70. The number of carbonyl (C=O) groups is 1. The molecule has 0 unspecified atom stereocenters.